The molecule has 1 radical (unpaired) electrons. The molecule has 0 unspecified atom stereocenters. The maximum absolute atomic E-state index is 4.20. The van der Waals surface area contributed by atoms with Gasteiger partial charge < -0.3 is 0 Å². The lowest BCUT2D eigenvalue weighted by Gasteiger charge is -1.91. The first kappa shape index (κ1) is 4.98. The van der Waals surface area contributed by atoms with Crippen molar-refractivity contribution in [3.8, 4) is 0 Å². The summed E-state index contributed by atoms with van der Waals surface area (Å²) in [6.45, 7) is 0. The number of fused-ring (bicyclic) bond motifs is 1. The minimum atomic E-state index is 1.17. The molecule has 0 fully saturated rings. The molecule has 0 N–H and O–H groups in total. The highest BCUT2D eigenvalue weighted by molar-refractivity contribution is 5.23. The van der Waals surface area contributed by atoms with Crippen molar-refractivity contribution in [3.63, 3.8) is 0 Å². The third-order valence-electron chi connectivity index (χ3n) is 1.78. The maximum atomic E-state index is 4.20. The molecule has 1 aromatic rings. The van der Waals surface area contributed by atoms with Gasteiger partial charge in [0.25, 0.3) is 0 Å². The third kappa shape index (κ3) is 0.727. The summed E-state index contributed by atoms with van der Waals surface area (Å²) in [6.07, 6.45) is 5.41. The van der Waals surface area contributed by atoms with Crippen LogP contribution in [0.15, 0.2) is 12.3 Å². The van der Waals surface area contributed by atoms with E-state index >= 15 is 0 Å². The lowest BCUT2D eigenvalue weighted by Crippen LogP contribution is -1.84. The number of nitrogens with zero attached hydrogens (tertiary/aromatic N) is 1. The zero-order valence-electron chi connectivity index (χ0n) is 5.22. The number of aromatic nitrogens is 1. The molecular weight excluding hydrogens is 110 g/mol. The van der Waals surface area contributed by atoms with Crippen LogP contribution in [-0.4, -0.2) is 4.98 Å². The highest BCUT2D eigenvalue weighted by atomic mass is 14.7. The van der Waals surface area contributed by atoms with Crippen LogP contribution in [0.3, 0.4) is 0 Å². The monoisotopic (exact) mass is 118 g/mol. The van der Waals surface area contributed by atoms with Crippen molar-refractivity contribution in [2.75, 3.05) is 0 Å². The van der Waals surface area contributed by atoms with Crippen molar-refractivity contribution >= 4 is 0 Å². The second kappa shape index (κ2) is 1.83. The summed E-state index contributed by atoms with van der Waals surface area (Å²) in [7, 11) is 0. The normalized spacial score (nSPS) is 15.6. The fourth-order valence-electron chi connectivity index (χ4n) is 1.31. The predicted molar refractivity (Wildman–Crippen MR) is 35.1 cm³/mol. The fraction of sp³-hybridized carbons (Fsp3) is 0.375. The molecule has 1 nitrogen and oxygen atoms in total. The van der Waals surface area contributed by atoms with Crippen molar-refractivity contribution in [2.24, 2.45) is 0 Å². The Morgan fingerprint density at radius 2 is 2.44 bits per heavy atom. The zero-order valence-corrected chi connectivity index (χ0v) is 5.22. The molecule has 0 aromatic carbocycles. The van der Waals surface area contributed by atoms with Gasteiger partial charge in [0, 0.05) is 18.0 Å². The minimum Gasteiger partial charge on any atom is -0.260 e. The average Bonchev–Trinajstić information content (AvgIpc) is 2.33. The van der Waals surface area contributed by atoms with Gasteiger partial charge in [-0.15, -0.1) is 0 Å². The predicted octanol–water partition coefficient (Wildman–Crippen LogP) is 1.37. The topological polar surface area (TPSA) is 12.9 Å². The van der Waals surface area contributed by atoms with Gasteiger partial charge >= 0.3 is 0 Å². The first-order valence-electron chi connectivity index (χ1n) is 3.30. The molecule has 1 aromatic heterocycles. The van der Waals surface area contributed by atoms with E-state index in [1.807, 2.05) is 0 Å². The van der Waals surface area contributed by atoms with E-state index in [0.717, 1.165) is 0 Å². The van der Waals surface area contributed by atoms with Crippen LogP contribution in [0.4, 0.5) is 0 Å². The van der Waals surface area contributed by atoms with E-state index in [9.17, 15) is 0 Å². The SMILES string of the molecule is [c]1cnc2c(c1)CCC2. The summed E-state index contributed by atoms with van der Waals surface area (Å²) in [5, 5.41) is 0. The minimum absolute atomic E-state index is 1.17. The van der Waals surface area contributed by atoms with Crippen molar-refractivity contribution in [3.05, 3.63) is 29.6 Å². The van der Waals surface area contributed by atoms with Crippen LogP contribution < -0.4 is 0 Å². The average molecular weight is 118 g/mol. The van der Waals surface area contributed by atoms with E-state index in [4.69, 9.17) is 0 Å². The van der Waals surface area contributed by atoms with Crippen LogP contribution in [0.5, 0.6) is 0 Å². The highest BCUT2D eigenvalue weighted by Gasteiger charge is 2.09. The Morgan fingerprint density at radius 1 is 1.44 bits per heavy atom. The number of hydrogen-bond donors (Lipinski definition) is 0. The number of pyridine rings is 1. The molecule has 0 aliphatic heterocycles. The van der Waals surface area contributed by atoms with E-state index in [1.165, 1.54) is 30.5 Å². The van der Waals surface area contributed by atoms with E-state index < -0.39 is 0 Å². The van der Waals surface area contributed by atoms with Gasteiger partial charge in [0.05, 0.1) is 0 Å². The Kier molecular flexibility index (Phi) is 1.01. The Balaban J connectivity index is 2.54. The van der Waals surface area contributed by atoms with Gasteiger partial charge in [-0.05, 0) is 30.9 Å². The van der Waals surface area contributed by atoms with Crippen molar-refractivity contribution in [1.29, 1.82) is 0 Å². The Labute approximate surface area is 54.7 Å². The lowest BCUT2D eigenvalue weighted by molar-refractivity contribution is 0.899. The molecule has 0 amide bonds. The first-order valence-corrected chi connectivity index (χ1v) is 3.30. The number of rotatable bonds is 0. The molecule has 1 heteroatoms. The van der Waals surface area contributed by atoms with Crippen molar-refractivity contribution < 1.29 is 0 Å². The number of aryl methyl sites for hydroxylation is 2. The molecule has 45 valence electrons. The van der Waals surface area contributed by atoms with E-state index in [0.29, 0.717) is 0 Å². The van der Waals surface area contributed by atoms with Gasteiger partial charge in [0.1, 0.15) is 0 Å². The smallest absolute Gasteiger partial charge is 0.0436 e. The van der Waals surface area contributed by atoms with Crippen LogP contribution in [0.25, 0.3) is 0 Å². The zero-order chi connectivity index (χ0) is 6.10. The van der Waals surface area contributed by atoms with Gasteiger partial charge in [-0.2, -0.15) is 0 Å². The molecule has 1 aliphatic rings. The quantitative estimate of drug-likeness (QED) is 0.501. The van der Waals surface area contributed by atoms with Gasteiger partial charge in [-0.25, -0.2) is 0 Å². The van der Waals surface area contributed by atoms with E-state index in [2.05, 4.69) is 17.1 Å². The summed E-state index contributed by atoms with van der Waals surface area (Å²) in [4.78, 5) is 4.20. The van der Waals surface area contributed by atoms with Crippen LogP contribution in [0, 0.1) is 6.07 Å². The number of hydrogen-bond acceptors (Lipinski definition) is 1. The molecule has 0 spiro atoms. The second-order valence-corrected chi connectivity index (χ2v) is 2.39. The first-order chi connectivity index (χ1) is 4.47. The van der Waals surface area contributed by atoms with Crippen LogP contribution in [0.1, 0.15) is 17.7 Å². The summed E-state index contributed by atoms with van der Waals surface area (Å²) in [5.41, 5.74) is 2.69. The molecule has 0 saturated heterocycles. The lowest BCUT2D eigenvalue weighted by atomic mass is 10.2. The van der Waals surface area contributed by atoms with Crippen LogP contribution in [-0.2, 0) is 12.8 Å². The molecule has 9 heavy (non-hydrogen) atoms. The van der Waals surface area contributed by atoms with Crippen LogP contribution >= 0.6 is 0 Å². The largest absolute Gasteiger partial charge is 0.260 e. The standard InChI is InChI=1S/C8H8N/c1-3-7-4-2-6-9-8(7)5-1/h4,6H,1,3,5H2. The molecular formula is C8H8N. The molecule has 1 aliphatic carbocycles. The summed E-state index contributed by atoms with van der Waals surface area (Å²) in [6, 6.07) is 5.03. The van der Waals surface area contributed by atoms with Crippen LogP contribution in [0.2, 0.25) is 0 Å². The van der Waals surface area contributed by atoms with Gasteiger partial charge in [0.15, 0.2) is 0 Å². The molecule has 0 saturated carbocycles. The molecule has 2 rings (SSSR count). The Morgan fingerprint density at radius 3 is 3.33 bits per heavy atom. The van der Waals surface area contributed by atoms with Crippen molar-refractivity contribution in [2.45, 2.75) is 19.3 Å². The summed E-state index contributed by atoms with van der Waals surface area (Å²) < 4.78 is 0. The summed E-state index contributed by atoms with van der Waals surface area (Å²) in [5.74, 6) is 0. The molecule has 1 heterocycles. The van der Waals surface area contributed by atoms with Gasteiger partial charge in [-0.3, -0.25) is 4.98 Å². The van der Waals surface area contributed by atoms with Crippen molar-refractivity contribution in [1.82, 2.24) is 4.98 Å². The van der Waals surface area contributed by atoms with Gasteiger partial charge in [-0.1, -0.05) is 0 Å². The molecule has 0 bridgehead atoms. The van der Waals surface area contributed by atoms with Gasteiger partial charge in [0.2, 0.25) is 0 Å². The summed E-state index contributed by atoms with van der Waals surface area (Å²) >= 11 is 0. The Hall–Kier alpha value is -0.850. The second-order valence-electron chi connectivity index (χ2n) is 2.39. The fourth-order valence-corrected chi connectivity index (χ4v) is 1.31. The van der Waals surface area contributed by atoms with E-state index in [-0.39, 0.29) is 0 Å². The highest BCUT2D eigenvalue weighted by Crippen LogP contribution is 2.17. The third-order valence-corrected chi connectivity index (χ3v) is 1.78. The van der Waals surface area contributed by atoms with E-state index in [1.54, 1.807) is 6.20 Å². The Bertz CT molecular complexity index is 195. The molecule has 0 atom stereocenters. The maximum Gasteiger partial charge on any atom is 0.0436 e.